The second kappa shape index (κ2) is 5.64. The molecule has 0 amide bonds. The summed E-state index contributed by atoms with van der Waals surface area (Å²) >= 11 is 0. The molecular weight excluding hydrogens is 312 g/mol. The van der Waals surface area contributed by atoms with E-state index in [1.165, 1.54) is 6.07 Å². The summed E-state index contributed by atoms with van der Waals surface area (Å²) in [4.78, 5) is 0.0846. The van der Waals surface area contributed by atoms with Crippen LogP contribution in [0, 0.1) is 13.8 Å². The van der Waals surface area contributed by atoms with Gasteiger partial charge in [0, 0.05) is 16.7 Å². The molecule has 2 aromatic carbocycles. The van der Waals surface area contributed by atoms with Crippen LogP contribution < -0.4 is 5.14 Å². The fourth-order valence-corrected chi connectivity index (χ4v) is 3.27. The first kappa shape index (κ1) is 15.5. The zero-order valence-electron chi connectivity index (χ0n) is 12.8. The molecule has 0 fully saturated rings. The van der Waals surface area contributed by atoms with Crippen molar-refractivity contribution in [2.45, 2.75) is 18.7 Å². The molecule has 23 heavy (non-hydrogen) atoms. The van der Waals surface area contributed by atoms with Crippen molar-refractivity contribution in [3.05, 3.63) is 59.8 Å². The largest absolute Gasteiger partial charge is 0.356 e. The summed E-state index contributed by atoms with van der Waals surface area (Å²) in [7, 11) is -3.83. The van der Waals surface area contributed by atoms with Gasteiger partial charge in [0.2, 0.25) is 10.0 Å². The molecule has 0 radical (unpaired) electrons. The first-order valence-corrected chi connectivity index (χ1v) is 8.58. The monoisotopic (exact) mass is 328 g/mol. The molecule has 3 rings (SSSR count). The molecule has 0 aliphatic rings. The molecule has 1 aromatic heterocycles. The van der Waals surface area contributed by atoms with Crippen LogP contribution in [-0.4, -0.2) is 13.6 Å². The SMILES string of the molecule is Cc1noc(-c2ccccc2-c2ccccc2S(N)(=O)=O)c1C. The van der Waals surface area contributed by atoms with Crippen LogP contribution in [0.25, 0.3) is 22.5 Å². The van der Waals surface area contributed by atoms with E-state index in [1.807, 2.05) is 38.1 Å². The third-order valence-corrected chi connectivity index (χ3v) is 4.78. The minimum atomic E-state index is -3.83. The number of rotatable bonds is 3. The molecule has 6 heteroatoms. The smallest absolute Gasteiger partial charge is 0.238 e. The molecular formula is C17H16N2O3S. The van der Waals surface area contributed by atoms with Crippen molar-refractivity contribution in [2.75, 3.05) is 0 Å². The molecule has 5 nitrogen and oxygen atoms in total. The van der Waals surface area contributed by atoms with Crippen molar-refractivity contribution in [1.82, 2.24) is 5.16 Å². The number of sulfonamides is 1. The average Bonchev–Trinajstić information content (AvgIpc) is 2.86. The quantitative estimate of drug-likeness (QED) is 0.799. The third-order valence-electron chi connectivity index (χ3n) is 3.81. The Morgan fingerprint density at radius 1 is 0.913 bits per heavy atom. The molecule has 0 aliphatic heterocycles. The number of hydrogen-bond acceptors (Lipinski definition) is 4. The molecule has 2 N–H and O–H groups in total. The second-order valence-electron chi connectivity index (χ2n) is 5.31. The molecule has 0 saturated carbocycles. The van der Waals surface area contributed by atoms with E-state index in [0.717, 1.165) is 22.4 Å². The molecule has 0 spiro atoms. The molecule has 0 atom stereocenters. The summed E-state index contributed by atoms with van der Waals surface area (Å²) in [5.41, 5.74) is 3.78. The van der Waals surface area contributed by atoms with E-state index in [4.69, 9.17) is 9.66 Å². The highest BCUT2D eigenvalue weighted by Gasteiger charge is 2.20. The van der Waals surface area contributed by atoms with Crippen LogP contribution in [0.3, 0.4) is 0 Å². The molecule has 3 aromatic rings. The Morgan fingerprint density at radius 3 is 2.04 bits per heavy atom. The number of aryl methyl sites for hydroxylation is 1. The van der Waals surface area contributed by atoms with Crippen LogP contribution in [0.15, 0.2) is 57.9 Å². The van der Waals surface area contributed by atoms with Gasteiger partial charge in [0.05, 0.1) is 10.6 Å². The van der Waals surface area contributed by atoms with E-state index in [0.29, 0.717) is 11.3 Å². The van der Waals surface area contributed by atoms with E-state index in [9.17, 15) is 8.42 Å². The van der Waals surface area contributed by atoms with Gasteiger partial charge in [-0.05, 0) is 25.5 Å². The van der Waals surface area contributed by atoms with Crippen LogP contribution in [-0.2, 0) is 10.0 Å². The predicted octanol–water partition coefficient (Wildman–Crippen LogP) is 3.27. The Balaban J connectivity index is 2.31. The van der Waals surface area contributed by atoms with Crippen molar-refractivity contribution in [3.8, 4) is 22.5 Å². The van der Waals surface area contributed by atoms with Gasteiger partial charge in [-0.15, -0.1) is 0 Å². The van der Waals surface area contributed by atoms with Gasteiger partial charge in [-0.2, -0.15) is 0 Å². The van der Waals surface area contributed by atoms with Gasteiger partial charge in [0.1, 0.15) is 0 Å². The van der Waals surface area contributed by atoms with Gasteiger partial charge in [0.25, 0.3) is 0 Å². The lowest BCUT2D eigenvalue weighted by molar-refractivity contribution is 0.427. The van der Waals surface area contributed by atoms with Crippen LogP contribution >= 0.6 is 0 Å². The van der Waals surface area contributed by atoms with Crippen molar-refractivity contribution < 1.29 is 12.9 Å². The van der Waals surface area contributed by atoms with Crippen LogP contribution in [0.5, 0.6) is 0 Å². The highest BCUT2D eigenvalue weighted by molar-refractivity contribution is 7.89. The fourth-order valence-electron chi connectivity index (χ4n) is 2.52. The lowest BCUT2D eigenvalue weighted by Gasteiger charge is -2.11. The molecule has 118 valence electrons. The molecule has 0 saturated heterocycles. The Kier molecular flexibility index (Phi) is 3.79. The normalized spacial score (nSPS) is 11.6. The van der Waals surface area contributed by atoms with Crippen molar-refractivity contribution in [2.24, 2.45) is 5.14 Å². The summed E-state index contributed by atoms with van der Waals surface area (Å²) < 4.78 is 29.2. The van der Waals surface area contributed by atoms with Gasteiger partial charge in [-0.25, -0.2) is 13.6 Å². The Morgan fingerprint density at radius 2 is 1.48 bits per heavy atom. The van der Waals surface area contributed by atoms with Crippen molar-refractivity contribution in [3.63, 3.8) is 0 Å². The molecule has 0 unspecified atom stereocenters. The zero-order valence-corrected chi connectivity index (χ0v) is 13.6. The minimum absolute atomic E-state index is 0.0846. The number of primary sulfonamides is 1. The Bertz CT molecular complexity index is 975. The maximum atomic E-state index is 11.9. The van der Waals surface area contributed by atoms with Gasteiger partial charge in [0.15, 0.2) is 5.76 Å². The standard InChI is InChI=1S/C17H16N2O3S/c1-11-12(2)19-22-17(11)15-9-4-3-7-13(15)14-8-5-6-10-16(14)23(18,20)21/h3-10H,1-2H3,(H2,18,20,21). The summed E-state index contributed by atoms with van der Waals surface area (Å²) in [6.45, 7) is 3.78. The highest BCUT2D eigenvalue weighted by Crippen LogP contribution is 2.37. The average molecular weight is 328 g/mol. The Labute approximate surface area is 134 Å². The number of benzene rings is 2. The first-order valence-electron chi connectivity index (χ1n) is 7.04. The van der Waals surface area contributed by atoms with Crippen LogP contribution in [0.1, 0.15) is 11.3 Å². The third kappa shape index (κ3) is 2.78. The van der Waals surface area contributed by atoms with Crippen molar-refractivity contribution >= 4 is 10.0 Å². The summed E-state index contributed by atoms with van der Waals surface area (Å²) in [6.07, 6.45) is 0. The fraction of sp³-hybridized carbons (Fsp3) is 0.118. The van der Waals surface area contributed by atoms with E-state index in [1.54, 1.807) is 18.2 Å². The maximum Gasteiger partial charge on any atom is 0.238 e. The van der Waals surface area contributed by atoms with Gasteiger partial charge in [-0.1, -0.05) is 47.6 Å². The van der Waals surface area contributed by atoms with Gasteiger partial charge < -0.3 is 4.52 Å². The number of nitrogens with two attached hydrogens (primary N) is 1. The number of hydrogen-bond donors (Lipinski definition) is 1. The number of aromatic nitrogens is 1. The van der Waals surface area contributed by atoms with Crippen LogP contribution in [0.2, 0.25) is 0 Å². The lowest BCUT2D eigenvalue weighted by atomic mass is 9.96. The number of nitrogens with zero attached hydrogens (tertiary/aromatic N) is 1. The summed E-state index contributed by atoms with van der Waals surface area (Å²) in [6, 6.07) is 14.1. The van der Waals surface area contributed by atoms with E-state index in [-0.39, 0.29) is 4.90 Å². The maximum absolute atomic E-state index is 11.9. The van der Waals surface area contributed by atoms with E-state index < -0.39 is 10.0 Å². The van der Waals surface area contributed by atoms with Crippen molar-refractivity contribution in [1.29, 1.82) is 0 Å². The van der Waals surface area contributed by atoms with E-state index >= 15 is 0 Å². The molecule has 1 heterocycles. The van der Waals surface area contributed by atoms with Crippen LogP contribution in [0.4, 0.5) is 0 Å². The molecule has 0 bridgehead atoms. The minimum Gasteiger partial charge on any atom is -0.356 e. The first-order chi connectivity index (χ1) is 10.9. The zero-order chi connectivity index (χ0) is 16.6. The lowest BCUT2D eigenvalue weighted by Crippen LogP contribution is -2.13. The van der Waals surface area contributed by atoms with E-state index in [2.05, 4.69) is 5.16 Å². The summed E-state index contributed by atoms with van der Waals surface area (Å²) in [5, 5.41) is 9.33. The predicted molar refractivity (Wildman–Crippen MR) is 88.2 cm³/mol. The summed E-state index contributed by atoms with van der Waals surface area (Å²) in [5.74, 6) is 0.627. The van der Waals surface area contributed by atoms with Gasteiger partial charge in [-0.3, -0.25) is 0 Å². The second-order valence-corrected chi connectivity index (χ2v) is 6.84. The molecule has 0 aliphatic carbocycles. The Hall–Kier alpha value is -2.44. The van der Waals surface area contributed by atoms with Gasteiger partial charge >= 0.3 is 0 Å². The highest BCUT2D eigenvalue weighted by atomic mass is 32.2. The topological polar surface area (TPSA) is 86.2 Å².